The van der Waals surface area contributed by atoms with Crippen LogP contribution in [0, 0.1) is 10.1 Å². The molecule has 66 valence electrons. The molecule has 12 heavy (non-hydrogen) atoms. The van der Waals surface area contributed by atoms with Crippen LogP contribution in [0.4, 0.5) is 0 Å². The summed E-state index contributed by atoms with van der Waals surface area (Å²) < 4.78 is 0. The Bertz CT molecular complexity index is 278. The summed E-state index contributed by atoms with van der Waals surface area (Å²) in [4.78, 5) is 11.3. The van der Waals surface area contributed by atoms with E-state index in [1.54, 1.807) is 0 Å². The number of halogens is 2. The summed E-state index contributed by atoms with van der Waals surface area (Å²) in [5, 5.41) is 10.4. The predicted molar refractivity (Wildman–Crippen MR) is 46.0 cm³/mol. The SMILES string of the molecule is NC1N=CC=C(Cl)C1(Cl)[N+](=O)[O-]. The van der Waals surface area contributed by atoms with Crippen LogP contribution in [-0.4, -0.2) is 22.3 Å². The molecule has 0 saturated heterocycles. The van der Waals surface area contributed by atoms with Crippen molar-refractivity contribution in [1.82, 2.24) is 0 Å². The molecule has 0 spiro atoms. The topological polar surface area (TPSA) is 81.5 Å². The number of nitrogens with two attached hydrogens (primary N) is 1. The summed E-state index contributed by atoms with van der Waals surface area (Å²) in [6.07, 6.45) is 1.39. The Morgan fingerprint density at radius 3 is 2.75 bits per heavy atom. The Morgan fingerprint density at radius 2 is 2.42 bits per heavy atom. The molecule has 0 aromatic carbocycles. The average Bonchev–Trinajstić information content (AvgIpc) is 1.99. The zero-order valence-corrected chi connectivity index (χ0v) is 7.29. The molecular weight excluding hydrogens is 205 g/mol. The largest absolute Gasteiger partial charge is 0.365 e. The van der Waals surface area contributed by atoms with Crippen molar-refractivity contribution in [3.63, 3.8) is 0 Å². The standard InChI is InChI=1S/C5H5Cl2N3O2/c6-3-1-2-9-4(8)5(3,7)10(11)12/h1-2,4H,8H2. The van der Waals surface area contributed by atoms with Crippen molar-refractivity contribution < 1.29 is 4.92 Å². The summed E-state index contributed by atoms with van der Waals surface area (Å²) >= 11 is 11.1. The minimum absolute atomic E-state index is 0.128. The molecule has 0 aliphatic carbocycles. The first-order chi connectivity index (χ1) is 5.49. The second-order valence-electron chi connectivity index (χ2n) is 2.19. The predicted octanol–water partition coefficient (Wildman–Crippen LogP) is 0.690. The summed E-state index contributed by atoms with van der Waals surface area (Å²) in [5.41, 5.74) is 5.31. The van der Waals surface area contributed by atoms with Crippen molar-refractivity contribution in [3.8, 4) is 0 Å². The lowest BCUT2D eigenvalue weighted by Crippen LogP contribution is -2.50. The van der Waals surface area contributed by atoms with E-state index in [0.717, 1.165) is 0 Å². The van der Waals surface area contributed by atoms with Gasteiger partial charge < -0.3 is 5.73 Å². The van der Waals surface area contributed by atoms with E-state index in [-0.39, 0.29) is 5.03 Å². The zero-order valence-electron chi connectivity index (χ0n) is 5.78. The Balaban J connectivity index is 3.10. The first-order valence-corrected chi connectivity index (χ1v) is 3.73. The van der Waals surface area contributed by atoms with Gasteiger partial charge in [0, 0.05) is 6.21 Å². The molecule has 5 nitrogen and oxygen atoms in total. The van der Waals surface area contributed by atoms with E-state index in [9.17, 15) is 10.1 Å². The number of alkyl halides is 1. The Hall–Kier alpha value is -0.650. The van der Waals surface area contributed by atoms with E-state index in [4.69, 9.17) is 28.9 Å². The summed E-state index contributed by atoms with van der Waals surface area (Å²) in [6, 6.07) is 0. The smallest absolute Gasteiger partial charge is 0.302 e. The van der Waals surface area contributed by atoms with E-state index in [1.807, 2.05) is 0 Å². The van der Waals surface area contributed by atoms with Gasteiger partial charge in [-0.15, -0.1) is 0 Å². The fourth-order valence-corrected chi connectivity index (χ4v) is 1.11. The molecule has 1 rings (SSSR count). The second-order valence-corrected chi connectivity index (χ2v) is 3.17. The van der Waals surface area contributed by atoms with Crippen LogP contribution < -0.4 is 5.73 Å². The first kappa shape index (κ1) is 9.44. The fourth-order valence-electron chi connectivity index (χ4n) is 0.753. The molecule has 1 heterocycles. The molecule has 0 amide bonds. The monoisotopic (exact) mass is 209 g/mol. The number of hydrogen-bond acceptors (Lipinski definition) is 4. The number of rotatable bonds is 1. The van der Waals surface area contributed by atoms with Crippen molar-refractivity contribution >= 4 is 29.4 Å². The molecule has 0 fully saturated rings. The van der Waals surface area contributed by atoms with Gasteiger partial charge in [-0.1, -0.05) is 11.6 Å². The minimum atomic E-state index is -2.00. The first-order valence-electron chi connectivity index (χ1n) is 2.98. The number of nitrogens with zero attached hydrogens (tertiary/aromatic N) is 2. The van der Waals surface area contributed by atoms with E-state index in [2.05, 4.69) is 4.99 Å². The molecule has 1 aliphatic rings. The van der Waals surface area contributed by atoms with Gasteiger partial charge in [0.2, 0.25) is 0 Å². The van der Waals surface area contributed by atoms with E-state index in [0.29, 0.717) is 0 Å². The maximum absolute atomic E-state index is 10.5. The maximum atomic E-state index is 10.5. The van der Waals surface area contributed by atoms with E-state index < -0.39 is 16.1 Å². The highest BCUT2D eigenvalue weighted by Gasteiger charge is 2.51. The highest BCUT2D eigenvalue weighted by molar-refractivity contribution is 6.40. The summed E-state index contributed by atoms with van der Waals surface area (Å²) in [5.74, 6) is 0. The lowest BCUT2D eigenvalue weighted by Gasteiger charge is -2.23. The number of hydrogen-bond donors (Lipinski definition) is 1. The lowest BCUT2D eigenvalue weighted by molar-refractivity contribution is -0.532. The molecule has 2 atom stereocenters. The quantitative estimate of drug-likeness (QED) is 0.299. The fraction of sp³-hybridized carbons (Fsp3) is 0.400. The van der Waals surface area contributed by atoms with Crippen molar-refractivity contribution in [2.75, 3.05) is 0 Å². The van der Waals surface area contributed by atoms with Gasteiger partial charge in [0.25, 0.3) is 0 Å². The van der Waals surface area contributed by atoms with Crippen LogP contribution in [0.25, 0.3) is 0 Å². The zero-order chi connectivity index (χ0) is 9.35. The molecule has 0 saturated carbocycles. The molecule has 2 unspecified atom stereocenters. The molecule has 1 aliphatic heterocycles. The highest BCUT2D eigenvalue weighted by Crippen LogP contribution is 2.33. The van der Waals surface area contributed by atoms with Gasteiger partial charge in [0.15, 0.2) is 6.17 Å². The summed E-state index contributed by atoms with van der Waals surface area (Å²) in [6.45, 7) is 0. The normalized spacial score (nSPS) is 34.6. The Morgan fingerprint density at radius 1 is 1.83 bits per heavy atom. The third kappa shape index (κ3) is 1.20. The number of allylic oxidation sites excluding steroid dienone is 1. The van der Waals surface area contributed by atoms with Gasteiger partial charge in [-0.3, -0.25) is 15.1 Å². The van der Waals surface area contributed by atoms with Crippen LogP contribution in [0.1, 0.15) is 0 Å². The molecule has 7 heteroatoms. The number of aliphatic imine (C=N–C) groups is 1. The van der Waals surface area contributed by atoms with Crippen LogP contribution >= 0.6 is 23.2 Å². The van der Waals surface area contributed by atoms with Gasteiger partial charge in [-0.05, 0) is 17.7 Å². The van der Waals surface area contributed by atoms with Crippen LogP contribution in [0.5, 0.6) is 0 Å². The molecule has 0 bridgehead atoms. The van der Waals surface area contributed by atoms with Crippen LogP contribution in [-0.2, 0) is 0 Å². The number of dihydropyridines is 1. The van der Waals surface area contributed by atoms with Crippen molar-refractivity contribution in [2.24, 2.45) is 10.7 Å². The average molecular weight is 210 g/mol. The van der Waals surface area contributed by atoms with E-state index in [1.165, 1.54) is 12.3 Å². The second kappa shape index (κ2) is 3.01. The van der Waals surface area contributed by atoms with Crippen molar-refractivity contribution in [3.05, 3.63) is 21.2 Å². The molecular formula is C5H5Cl2N3O2. The third-order valence-electron chi connectivity index (χ3n) is 1.46. The van der Waals surface area contributed by atoms with Crippen LogP contribution in [0.15, 0.2) is 16.1 Å². The number of nitro groups is 1. The summed E-state index contributed by atoms with van der Waals surface area (Å²) in [7, 11) is 0. The molecule has 0 radical (unpaired) electrons. The van der Waals surface area contributed by atoms with E-state index >= 15 is 0 Å². The van der Waals surface area contributed by atoms with Gasteiger partial charge in [-0.25, -0.2) is 0 Å². The molecule has 2 N–H and O–H groups in total. The maximum Gasteiger partial charge on any atom is 0.365 e. The van der Waals surface area contributed by atoms with Gasteiger partial charge >= 0.3 is 5.00 Å². The molecule has 0 aromatic heterocycles. The highest BCUT2D eigenvalue weighted by atomic mass is 35.5. The minimum Gasteiger partial charge on any atom is -0.302 e. The third-order valence-corrected chi connectivity index (χ3v) is 2.54. The van der Waals surface area contributed by atoms with Gasteiger partial charge in [0.1, 0.15) is 5.03 Å². The molecule has 0 aromatic rings. The Labute approximate surface area is 78.0 Å². The van der Waals surface area contributed by atoms with Crippen molar-refractivity contribution in [2.45, 2.75) is 11.2 Å². The lowest BCUT2D eigenvalue weighted by atomic mass is 10.2. The Kier molecular flexibility index (Phi) is 2.36. The van der Waals surface area contributed by atoms with Crippen molar-refractivity contribution in [1.29, 1.82) is 0 Å². The van der Waals surface area contributed by atoms with Gasteiger partial charge in [-0.2, -0.15) is 0 Å². The van der Waals surface area contributed by atoms with Crippen LogP contribution in [0.3, 0.4) is 0 Å². The van der Waals surface area contributed by atoms with Gasteiger partial charge in [0.05, 0.1) is 4.92 Å². The van der Waals surface area contributed by atoms with Crippen LogP contribution in [0.2, 0.25) is 0 Å².